The Balaban J connectivity index is 1.54. The molecule has 5 heteroatoms. The SMILES string of the molecule is Cc1ccnc(NCc2ccc(OCc3ccccc3F)cc2)n1. The van der Waals surface area contributed by atoms with Gasteiger partial charge < -0.3 is 10.1 Å². The number of nitrogens with one attached hydrogen (secondary N) is 1. The fourth-order valence-electron chi connectivity index (χ4n) is 2.20. The van der Waals surface area contributed by atoms with Crippen LogP contribution in [0.3, 0.4) is 0 Å². The molecule has 122 valence electrons. The number of anilines is 1. The topological polar surface area (TPSA) is 47.0 Å². The lowest BCUT2D eigenvalue weighted by Crippen LogP contribution is -2.04. The molecule has 0 amide bonds. The van der Waals surface area contributed by atoms with Crippen LogP contribution < -0.4 is 10.1 Å². The monoisotopic (exact) mass is 323 g/mol. The quantitative estimate of drug-likeness (QED) is 0.741. The van der Waals surface area contributed by atoms with Gasteiger partial charge in [-0.25, -0.2) is 14.4 Å². The summed E-state index contributed by atoms with van der Waals surface area (Å²) < 4.78 is 19.2. The normalized spacial score (nSPS) is 10.4. The molecule has 0 radical (unpaired) electrons. The third-order valence-corrected chi connectivity index (χ3v) is 3.52. The number of halogens is 1. The molecule has 0 aliphatic rings. The Morgan fingerprint density at radius 3 is 2.58 bits per heavy atom. The maximum absolute atomic E-state index is 13.5. The van der Waals surface area contributed by atoms with Crippen LogP contribution in [-0.4, -0.2) is 9.97 Å². The van der Waals surface area contributed by atoms with Crippen molar-refractivity contribution in [2.24, 2.45) is 0 Å². The van der Waals surface area contributed by atoms with Crippen molar-refractivity contribution in [3.63, 3.8) is 0 Å². The van der Waals surface area contributed by atoms with E-state index in [1.165, 1.54) is 6.07 Å². The fraction of sp³-hybridized carbons (Fsp3) is 0.158. The van der Waals surface area contributed by atoms with Crippen LogP contribution in [0.15, 0.2) is 60.8 Å². The smallest absolute Gasteiger partial charge is 0.223 e. The van der Waals surface area contributed by atoms with Gasteiger partial charge in [-0.2, -0.15) is 0 Å². The lowest BCUT2D eigenvalue weighted by atomic mass is 10.2. The van der Waals surface area contributed by atoms with Crippen LogP contribution in [0.4, 0.5) is 10.3 Å². The number of aromatic nitrogens is 2. The minimum atomic E-state index is -0.253. The Kier molecular flexibility index (Phi) is 5.01. The summed E-state index contributed by atoms with van der Waals surface area (Å²) in [6.07, 6.45) is 1.73. The maximum Gasteiger partial charge on any atom is 0.223 e. The Bertz CT molecular complexity index is 806. The molecule has 0 aliphatic heterocycles. The summed E-state index contributed by atoms with van der Waals surface area (Å²) in [5.41, 5.74) is 2.54. The van der Waals surface area contributed by atoms with Crippen molar-refractivity contribution < 1.29 is 9.13 Å². The number of nitrogens with zero attached hydrogens (tertiary/aromatic N) is 2. The first kappa shape index (κ1) is 15.9. The first-order valence-corrected chi connectivity index (χ1v) is 7.69. The van der Waals surface area contributed by atoms with Crippen molar-refractivity contribution in [3.8, 4) is 5.75 Å². The minimum Gasteiger partial charge on any atom is -0.489 e. The van der Waals surface area contributed by atoms with E-state index in [1.807, 2.05) is 37.3 Å². The number of hydrogen-bond donors (Lipinski definition) is 1. The first-order chi connectivity index (χ1) is 11.7. The lowest BCUT2D eigenvalue weighted by Gasteiger charge is -2.09. The molecule has 1 aromatic heterocycles. The summed E-state index contributed by atoms with van der Waals surface area (Å²) in [5, 5.41) is 3.17. The summed E-state index contributed by atoms with van der Waals surface area (Å²) in [7, 11) is 0. The molecule has 3 aromatic rings. The minimum absolute atomic E-state index is 0.210. The van der Waals surface area contributed by atoms with Crippen molar-refractivity contribution in [1.29, 1.82) is 0 Å². The molecule has 0 saturated carbocycles. The van der Waals surface area contributed by atoms with Crippen molar-refractivity contribution >= 4 is 5.95 Å². The fourth-order valence-corrected chi connectivity index (χ4v) is 2.20. The number of benzene rings is 2. The van der Waals surface area contributed by atoms with Crippen LogP contribution in [0.1, 0.15) is 16.8 Å². The van der Waals surface area contributed by atoms with Gasteiger partial charge in [-0.1, -0.05) is 30.3 Å². The van der Waals surface area contributed by atoms with Crippen LogP contribution in [-0.2, 0) is 13.2 Å². The highest BCUT2D eigenvalue weighted by Crippen LogP contribution is 2.16. The zero-order chi connectivity index (χ0) is 16.8. The lowest BCUT2D eigenvalue weighted by molar-refractivity contribution is 0.300. The molecule has 0 spiro atoms. The molecule has 4 nitrogen and oxygen atoms in total. The van der Waals surface area contributed by atoms with Crippen molar-refractivity contribution in [1.82, 2.24) is 9.97 Å². The number of ether oxygens (including phenoxy) is 1. The largest absolute Gasteiger partial charge is 0.489 e. The summed E-state index contributed by atoms with van der Waals surface area (Å²) in [6, 6.07) is 16.1. The van der Waals surface area contributed by atoms with Gasteiger partial charge in [-0.15, -0.1) is 0 Å². The molecule has 0 atom stereocenters. The van der Waals surface area contributed by atoms with Crippen LogP contribution in [0.5, 0.6) is 5.75 Å². The van der Waals surface area contributed by atoms with E-state index >= 15 is 0 Å². The van der Waals surface area contributed by atoms with Crippen LogP contribution >= 0.6 is 0 Å². The highest BCUT2D eigenvalue weighted by atomic mass is 19.1. The molecule has 0 aliphatic carbocycles. The zero-order valence-corrected chi connectivity index (χ0v) is 13.4. The summed E-state index contributed by atoms with van der Waals surface area (Å²) in [4.78, 5) is 8.46. The van der Waals surface area contributed by atoms with Gasteiger partial charge in [0.1, 0.15) is 18.2 Å². The highest BCUT2D eigenvalue weighted by molar-refractivity contribution is 5.32. The van der Waals surface area contributed by atoms with E-state index in [-0.39, 0.29) is 12.4 Å². The Morgan fingerprint density at radius 2 is 1.83 bits per heavy atom. The van der Waals surface area contributed by atoms with Crippen LogP contribution in [0, 0.1) is 12.7 Å². The predicted octanol–water partition coefficient (Wildman–Crippen LogP) is 4.12. The molecule has 3 rings (SSSR count). The molecule has 0 unspecified atom stereocenters. The number of rotatable bonds is 6. The van der Waals surface area contributed by atoms with Gasteiger partial charge in [0, 0.05) is 24.0 Å². The second kappa shape index (κ2) is 7.55. The summed E-state index contributed by atoms with van der Waals surface area (Å²) >= 11 is 0. The second-order valence-electron chi connectivity index (χ2n) is 5.40. The third-order valence-electron chi connectivity index (χ3n) is 3.52. The van der Waals surface area contributed by atoms with Crippen LogP contribution in [0.2, 0.25) is 0 Å². The van der Waals surface area contributed by atoms with Crippen molar-refractivity contribution in [2.45, 2.75) is 20.1 Å². The Morgan fingerprint density at radius 1 is 1.04 bits per heavy atom. The van der Waals surface area contributed by atoms with Gasteiger partial charge in [0.05, 0.1) is 0 Å². The van der Waals surface area contributed by atoms with Gasteiger partial charge in [0.15, 0.2) is 0 Å². The van der Waals surface area contributed by atoms with Crippen molar-refractivity contribution in [3.05, 3.63) is 83.4 Å². The van der Waals surface area contributed by atoms with Gasteiger partial charge in [-0.05, 0) is 36.8 Å². The zero-order valence-electron chi connectivity index (χ0n) is 13.4. The maximum atomic E-state index is 13.5. The molecule has 0 bridgehead atoms. The van der Waals surface area contributed by atoms with E-state index in [4.69, 9.17) is 4.74 Å². The summed E-state index contributed by atoms with van der Waals surface area (Å²) in [5.74, 6) is 1.06. The summed E-state index contributed by atoms with van der Waals surface area (Å²) in [6.45, 7) is 2.76. The van der Waals surface area contributed by atoms with E-state index in [0.29, 0.717) is 23.8 Å². The molecular formula is C19H18FN3O. The molecule has 1 N–H and O–H groups in total. The number of hydrogen-bond acceptors (Lipinski definition) is 4. The third kappa shape index (κ3) is 4.29. The highest BCUT2D eigenvalue weighted by Gasteiger charge is 2.02. The van der Waals surface area contributed by atoms with Gasteiger partial charge in [0.25, 0.3) is 0 Å². The second-order valence-corrected chi connectivity index (χ2v) is 5.40. The standard InChI is InChI=1S/C19H18FN3O/c1-14-10-11-21-19(23-14)22-12-15-6-8-17(9-7-15)24-13-16-4-2-3-5-18(16)20/h2-11H,12-13H2,1H3,(H,21,22,23). The Hall–Kier alpha value is -2.95. The molecule has 0 fully saturated rings. The van der Waals surface area contributed by atoms with E-state index in [9.17, 15) is 4.39 Å². The molecule has 24 heavy (non-hydrogen) atoms. The van der Waals surface area contributed by atoms with E-state index in [0.717, 1.165) is 11.3 Å². The van der Waals surface area contributed by atoms with Gasteiger partial charge >= 0.3 is 0 Å². The van der Waals surface area contributed by atoms with Gasteiger partial charge in [0.2, 0.25) is 5.95 Å². The molecular weight excluding hydrogens is 305 g/mol. The van der Waals surface area contributed by atoms with Gasteiger partial charge in [-0.3, -0.25) is 0 Å². The van der Waals surface area contributed by atoms with E-state index in [2.05, 4.69) is 15.3 Å². The van der Waals surface area contributed by atoms with Crippen LogP contribution in [0.25, 0.3) is 0 Å². The van der Waals surface area contributed by atoms with Crippen molar-refractivity contribution in [2.75, 3.05) is 5.32 Å². The molecule has 1 heterocycles. The molecule has 0 saturated heterocycles. The number of aryl methyl sites for hydroxylation is 1. The first-order valence-electron chi connectivity index (χ1n) is 7.69. The average molecular weight is 323 g/mol. The van der Waals surface area contributed by atoms with E-state index in [1.54, 1.807) is 24.4 Å². The molecule has 2 aromatic carbocycles. The van der Waals surface area contributed by atoms with E-state index < -0.39 is 0 Å². The average Bonchev–Trinajstić information content (AvgIpc) is 2.60. The predicted molar refractivity (Wildman–Crippen MR) is 91.3 cm³/mol. The Labute approximate surface area is 140 Å².